The maximum Gasteiger partial charge on any atom is 0.154 e. The van der Waals surface area contributed by atoms with Gasteiger partial charge in [0.2, 0.25) is 0 Å². The Kier molecular flexibility index (Phi) is 3.81. The molecule has 1 atom stereocenters. The quantitative estimate of drug-likeness (QED) is 0.807. The smallest absolute Gasteiger partial charge is 0.154 e. The molecular formula is C16H19NO. The molecule has 0 aromatic heterocycles. The van der Waals surface area contributed by atoms with Gasteiger partial charge in [0.25, 0.3) is 0 Å². The fourth-order valence-corrected chi connectivity index (χ4v) is 2.38. The van der Waals surface area contributed by atoms with Crippen molar-refractivity contribution in [1.82, 2.24) is 0 Å². The van der Waals surface area contributed by atoms with Crippen LogP contribution < -0.4 is 0 Å². The van der Waals surface area contributed by atoms with Crippen molar-refractivity contribution >= 4 is 5.78 Å². The summed E-state index contributed by atoms with van der Waals surface area (Å²) in [7, 11) is 0. The number of hydrogen-bond donors (Lipinski definition) is 0. The molecule has 1 saturated carbocycles. The maximum absolute atomic E-state index is 12.2. The molecule has 2 rings (SSSR count). The lowest BCUT2D eigenvalue weighted by atomic mass is 9.79. The molecule has 0 heterocycles. The molecule has 18 heavy (non-hydrogen) atoms. The van der Waals surface area contributed by atoms with Crippen LogP contribution in [0.3, 0.4) is 0 Å². The maximum atomic E-state index is 12.2. The minimum Gasteiger partial charge on any atom is -0.298 e. The molecule has 1 unspecified atom stereocenters. The third-order valence-electron chi connectivity index (χ3n) is 4.03. The Balaban J connectivity index is 2.14. The van der Waals surface area contributed by atoms with Crippen molar-refractivity contribution in [2.45, 2.75) is 45.4 Å². The van der Waals surface area contributed by atoms with Crippen LogP contribution in [0, 0.1) is 31.1 Å². The van der Waals surface area contributed by atoms with Crippen molar-refractivity contribution in [3.05, 3.63) is 34.9 Å². The second-order valence-corrected chi connectivity index (χ2v) is 5.37. The topological polar surface area (TPSA) is 40.9 Å². The van der Waals surface area contributed by atoms with Crippen LogP contribution >= 0.6 is 0 Å². The van der Waals surface area contributed by atoms with Gasteiger partial charge in [-0.25, -0.2) is 0 Å². The van der Waals surface area contributed by atoms with Gasteiger partial charge in [0.1, 0.15) is 5.92 Å². The number of nitrogens with zero attached hydrogens (tertiary/aromatic N) is 1. The standard InChI is InChI=1S/C16H19NO/c1-11-6-7-14(8-12(11)2)15(10-17)16(18)9-13-4-3-5-13/h6-8,13,15H,3-5,9H2,1-2H3. The van der Waals surface area contributed by atoms with Gasteiger partial charge in [-0.1, -0.05) is 37.5 Å². The highest BCUT2D eigenvalue weighted by atomic mass is 16.1. The van der Waals surface area contributed by atoms with Gasteiger partial charge >= 0.3 is 0 Å². The summed E-state index contributed by atoms with van der Waals surface area (Å²) in [6.45, 7) is 4.06. The highest BCUT2D eigenvalue weighted by molar-refractivity contribution is 5.88. The summed E-state index contributed by atoms with van der Waals surface area (Å²) in [5, 5.41) is 9.24. The highest BCUT2D eigenvalue weighted by Crippen LogP contribution is 2.32. The molecule has 0 spiro atoms. The lowest BCUT2D eigenvalue weighted by molar-refractivity contribution is -0.120. The van der Waals surface area contributed by atoms with E-state index in [1.54, 1.807) is 0 Å². The number of hydrogen-bond acceptors (Lipinski definition) is 2. The van der Waals surface area contributed by atoms with Crippen molar-refractivity contribution < 1.29 is 4.79 Å². The van der Waals surface area contributed by atoms with E-state index in [-0.39, 0.29) is 5.78 Å². The van der Waals surface area contributed by atoms with Crippen LogP contribution in [-0.2, 0) is 4.79 Å². The summed E-state index contributed by atoms with van der Waals surface area (Å²) in [4.78, 5) is 12.2. The molecule has 2 heteroatoms. The average Bonchev–Trinajstić information content (AvgIpc) is 2.29. The van der Waals surface area contributed by atoms with Gasteiger partial charge in [0, 0.05) is 6.42 Å². The summed E-state index contributed by atoms with van der Waals surface area (Å²) >= 11 is 0. The molecule has 1 aliphatic carbocycles. The van der Waals surface area contributed by atoms with E-state index in [0.717, 1.165) is 24.0 Å². The molecule has 2 nitrogen and oxygen atoms in total. The number of aryl methyl sites for hydroxylation is 2. The van der Waals surface area contributed by atoms with Crippen LogP contribution in [0.5, 0.6) is 0 Å². The normalized spacial score (nSPS) is 16.7. The SMILES string of the molecule is Cc1ccc(C(C#N)C(=O)CC2CCC2)cc1C. The first-order chi connectivity index (χ1) is 8.61. The Labute approximate surface area is 109 Å². The van der Waals surface area contributed by atoms with E-state index in [1.807, 2.05) is 32.0 Å². The number of ketones is 1. The van der Waals surface area contributed by atoms with Gasteiger partial charge < -0.3 is 0 Å². The predicted molar refractivity (Wildman–Crippen MR) is 71.2 cm³/mol. The number of nitriles is 1. The van der Waals surface area contributed by atoms with E-state index in [0.29, 0.717) is 12.3 Å². The van der Waals surface area contributed by atoms with Crippen molar-refractivity contribution in [1.29, 1.82) is 5.26 Å². The molecule has 0 radical (unpaired) electrons. The lowest BCUT2D eigenvalue weighted by Gasteiger charge is -2.25. The number of carbonyl (C=O) groups excluding carboxylic acids is 1. The molecule has 0 saturated heterocycles. The Hall–Kier alpha value is -1.62. The molecular weight excluding hydrogens is 222 g/mol. The zero-order valence-corrected chi connectivity index (χ0v) is 11.1. The molecule has 1 aromatic carbocycles. The van der Waals surface area contributed by atoms with Crippen molar-refractivity contribution in [2.75, 3.05) is 0 Å². The molecule has 1 aromatic rings. The monoisotopic (exact) mass is 241 g/mol. The summed E-state index contributed by atoms with van der Waals surface area (Å²) < 4.78 is 0. The van der Waals surface area contributed by atoms with Gasteiger partial charge in [0.05, 0.1) is 6.07 Å². The Morgan fingerprint density at radius 3 is 2.61 bits per heavy atom. The molecule has 0 bridgehead atoms. The first-order valence-electron chi connectivity index (χ1n) is 6.61. The molecule has 1 aliphatic rings. The summed E-state index contributed by atoms with van der Waals surface area (Å²) in [6, 6.07) is 8.05. The number of benzene rings is 1. The van der Waals surface area contributed by atoms with Crippen LogP contribution in [0.2, 0.25) is 0 Å². The van der Waals surface area contributed by atoms with E-state index in [9.17, 15) is 10.1 Å². The van der Waals surface area contributed by atoms with E-state index in [1.165, 1.54) is 12.0 Å². The van der Waals surface area contributed by atoms with Crippen LogP contribution in [0.25, 0.3) is 0 Å². The van der Waals surface area contributed by atoms with Gasteiger partial charge in [-0.05, 0) is 36.5 Å². The molecule has 0 N–H and O–H groups in total. The predicted octanol–water partition coefficient (Wildman–Crippen LogP) is 3.67. The van der Waals surface area contributed by atoms with Crippen LogP contribution in [0.15, 0.2) is 18.2 Å². The number of carbonyl (C=O) groups is 1. The lowest BCUT2D eigenvalue weighted by Crippen LogP contribution is -2.20. The van der Waals surface area contributed by atoms with E-state index in [2.05, 4.69) is 6.07 Å². The minimum absolute atomic E-state index is 0.0884. The van der Waals surface area contributed by atoms with E-state index >= 15 is 0 Å². The largest absolute Gasteiger partial charge is 0.298 e. The third-order valence-corrected chi connectivity index (χ3v) is 4.03. The van der Waals surface area contributed by atoms with Crippen molar-refractivity contribution in [2.24, 2.45) is 5.92 Å². The molecule has 0 amide bonds. The van der Waals surface area contributed by atoms with Gasteiger partial charge in [-0.3, -0.25) is 4.79 Å². The first-order valence-corrected chi connectivity index (χ1v) is 6.61. The molecule has 1 fully saturated rings. The van der Waals surface area contributed by atoms with Gasteiger partial charge in [-0.15, -0.1) is 0 Å². The summed E-state index contributed by atoms with van der Waals surface area (Å²) in [5.74, 6) is 0.0373. The van der Waals surface area contributed by atoms with Crippen LogP contribution in [0.1, 0.15) is 48.3 Å². The van der Waals surface area contributed by atoms with Crippen molar-refractivity contribution in [3.8, 4) is 6.07 Å². The number of rotatable bonds is 4. The fraction of sp³-hybridized carbons (Fsp3) is 0.500. The Morgan fingerprint density at radius 2 is 2.11 bits per heavy atom. The van der Waals surface area contributed by atoms with Crippen molar-refractivity contribution in [3.63, 3.8) is 0 Å². The minimum atomic E-state index is -0.579. The second-order valence-electron chi connectivity index (χ2n) is 5.37. The number of Topliss-reactive ketones (excluding diaryl/α,β-unsaturated/α-hetero) is 1. The highest BCUT2D eigenvalue weighted by Gasteiger charge is 2.26. The average molecular weight is 241 g/mol. The van der Waals surface area contributed by atoms with E-state index < -0.39 is 5.92 Å². The molecule has 94 valence electrons. The Bertz CT molecular complexity index is 494. The van der Waals surface area contributed by atoms with Crippen LogP contribution in [-0.4, -0.2) is 5.78 Å². The first kappa shape index (κ1) is 12.8. The van der Waals surface area contributed by atoms with Gasteiger partial charge in [0.15, 0.2) is 5.78 Å². The van der Waals surface area contributed by atoms with E-state index in [4.69, 9.17) is 0 Å². The summed E-state index contributed by atoms with van der Waals surface area (Å²) in [6.07, 6.45) is 4.11. The molecule has 0 aliphatic heterocycles. The third kappa shape index (κ3) is 2.61. The fourth-order valence-electron chi connectivity index (χ4n) is 2.38. The zero-order chi connectivity index (χ0) is 13.1. The second kappa shape index (κ2) is 5.35. The van der Waals surface area contributed by atoms with Gasteiger partial charge in [-0.2, -0.15) is 5.26 Å². The zero-order valence-electron chi connectivity index (χ0n) is 11.1. The summed E-state index contributed by atoms with van der Waals surface area (Å²) in [5.41, 5.74) is 3.19. The van der Waals surface area contributed by atoms with Crippen LogP contribution in [0.4, 0.5) is 0 Å². The Morgan fingerprint density at radius 1 is 1.39 bits per heavy atom.